The summed E-state index contributed by atoms with van der Waals surface area (Å²) in [6, 6.07) is 9.96. The summed E-state index contributed by atoms with van der Waals surface area (Å²) in [4.78, 5) is 25.9. The fourth-order valence-corrected chi connectivity index (χ4v) is 5.76. The number of quaternary nitrogens is 1. The Morgan fingerprint density at radius 2 is 2.03 bits per heavy atom. The first kappa shape index (κ1) is 26.9. The number of rotatable bonds is 11. The van der Waals surface area contributed by atoms with E-state index >= 15 is 0 Å². The number of aromatic nitrogens is 3. The minimum atomic E-state index is -1.60. The molecule has 0 saturated heterocycles. The Kier molecular flexibility index (Phi) is 8.39. The lowest BCUT2D eigenvalue weighted by Gasteiger charge is -2.49. The Morgan fingerprint density at radius 1 is 1.22 bits per heavy atom. The number of primary amides is 1. The highest BCUT2D eigenvalue weighted by Gasteiger charge is 2.54. The zero-order chi connectivity index (χ0) is 26.5. The number of pyridine rings is 1. The van der Waals surface area contributed by atoms with Crippen LogP contribution in [0.4, 0.5) is 0 Å². The molecule has 198 valence electrons. The van der Waals surface area contributed by atoms with Crippen molar-refractivity contribution in [3.8, 4) is 5.88 Å². The first-order chi connectivity index (χ1) is 17.7. The maximum absolute atomic E-state index is 12.6. The summed E-state index contributed by atoms with van der Waals surface area (Å²) in [6.45, 7) is 3.19. The van der Waals surface area contributed by atoms with Gasteiger partial charge in [-0.2, -0.15) is 0 Å². The highest BCUT2D eigenvalue weighted by atomic mass is 16.5. The lowest BCUT2D eigenvalue weighted by atomic mass is 9.71. The van der Waals surface area contributed by atoms with E-state index in [1.54, 1.807) is 18.6 Å². The van der Waals surface area contributed by atoms with E-state index in [4.69, 9.17) is 15.5 Å². The van der Waals surface area contributed by atoms with Crippen LogP contribution in [0.2, 0.25) is 0 Å². The molecule has 1 aliphatic carbocycles. The van der Waals surface area contributed by atoms with Gasteiger partial charge in [-0.15, -0.1) is 0 Å². The molecule has 0 radical (unpaired) electrons. The molecule has 2 aromatic heterocycles. The van der Waals surface area contributed by atoms with Crippen molar-refractivity contribution >= 4 is 16.7 Å². The van der Waals surface area contributed by atoms with Gasteiger partial charge in [-0.05, 0) is 55.5 Å². The number of benzene rings is 1. The summed E-state index contributed by atoms with van der Waals surface area (Å²) in [5, 5.41) is 13.7. The van der Waals surface area contributed by atoms with Crippen LogP contribution in [0.1, 0.15) is 50.4 Å². The van der Waals surface area contributed by atoms with Crippen molar-refractivity contribution < 1.29 is 19.1 Å². The summed E-state index contributed by atoms with van der Waals surface area (Å²) in [6.07, 6.45) is 10.7. The van der Waals surface area contributed by atoms with Gasteiger partial charge < -0.3 is 20.1 Å². The molecule has 8 nitrogen and oxygen atoms in total. The average molecular weight is 507 g/mol. The van der Waals surface area contributed by atoms with E-state index < -0.39 is 11.5 Å². The number of nitrogens with zero attached hydrogens (tertiary/aromatic N) is 4. The number of aryl methyl sites for hydroxylation is 1. The molecule has 3 N–H and O–H groups in total. The molecule has 8 heteroatoms. The van der Waals surface area contributed by atoms with Crippen LogP contribution in [0, 0.1) is 5.92 Å². The van der Waals surface area contributed by atoms with Crippen molar-refractivity contribution in [3.63, 3.8) is 0 Å². The van der Waals surface area contributed by atoms with E-state index in [9.17, 15) is 9.90 Å². The van der Waals surface area contributed by atoms with Gasteiger partial charge in [0.05, 0.1) is 19.8 Å². The molecule has 1 unspecified atom stereocenters. The number of carbonyl (C=O) groups excluding carboxylic acids is 1. The monoisotopic (exact) mass is 506 g/mol. The molecule has 1 aromatic carbocycles. The number of unbranched alkanes of at least 4 members (excludes halogenated alkanes) is 1. The van der Waals surface area contributed by atoms with Crippen molar-refractivity contribution in [2.75, 3.05) is 27.2 Å². The molecule has 0 bridgehead atoms. The number of hydrogen-bond acceptors (Lipinski definition) is 6. The second kappa shape index (κ2) is 11.5. The van der Waals surface area contributed by atoms with E-state index in [0.29, 0.717) is 42.8 Å². The molecular weight excluding hydrogens is 466 g/mol. The maximum atomic E-state index is 12.6. The van der Waals surface area contributed by atoms with Crippen molar-refractivity contribution in [3.05, 3.63) is 60.3 Å². The molecule has 3 atom stereocenters. The van der Waals surface area contributed by atoms with Crippen molar-refractivity contribution in [2.45, 2.75) is 63.5 Å². The van der Waals surface area contributed by atoms with Gasteiger partial charge in [0.2, 0.25) is 5.88 Å². The number of ether oxygens (including phenoxy) is 1. The molecular formula is C29H40N5O3+. The maximum Gasteiger partial charge on any atom is 0.255 e. The zero-order valence-corrected chi connectivity index (χ0v) is 22.3. The molecule has 0 aliphatic heterocycles. The Balaban J connectivity index is 1.45. The van der Waals surface area contributed by atoms with Crippen LogP contribution < -0.4 is 10.5 Å². The van der Waals surface area contributed by atoms with Crippen LogP contribution in [0.3, 0.4) is 0 Å². The second-order valence-electron chi connectivity index (χ2n) is 10.9. The average Bonchev–Trinajstić information content (AvgIpc) is 2.87. The number of likely N-dealkylation sites (N-methyl/N-ethyl adjacent to an activating group) is 1. The summed E-state index contributed by atoms with van der Waals surface area (Å²) in [5.74, 6) is 0.0925. The topological polar surface area (TPSA) is 111 Å². The van der Waals surface area contributed by atoms with Crippen LogP contribution in [0.5, 0.6) is 5.88 Å². The third-order valence-electron chi connectivity index (χ3n) is 7.84. The van der Waals surface area contributed by atoms with E-state index in [2.05, 4.69) is 29.0 Å². The Hall–Kier alpha value is -3.10. The van der Waals surface area contributed by atoms with Crippen LogP contribution in [0.15, 0.2) is 48.9 Å². The molecule has 3 aromatic rings. The summed E-state index contributed by atoms with van der Waals surface area (Å²) in [5.41, 5.74) is 6.11. The zero-order valence-electron chi connectivity index (χ0n) is 22.3. The molecule has 0 spiro atoms. The van der Waals surface area contributed by atoms with Gasteiger partial charge in [0.25, 0.3) is 5.91 Å². The van der Waals surface area contributed by atoms with Gasteiger partial charge in [0, 0.05) is 36.1 Å². The van der Waals surface area contributed by atoms with Crippen molar-refractivity contribution in [1.82, 2.24) is 15.0 Å². The highest BCUT2D eigenvalue weighted by molar-refractivity contribution is 5.87. The number of amides is 1. The Morgan fingerprint density at radius 3 is 2.76 bits per heavy atom. The van der Waals surface area contributed by atoms with E-state index in [1.165, 1.54) is 0 Å². The first-order valence-electron chi connectivity index (χ1n) is 13.3. The van der Waals surface area contributed by atoms with Gasteiger partial charge >= 0.3 is 0 Å². The van der Waals surface area contributed by atoms with E-state index in [0.717, 1.165) is 47.8 Å². The quantitative estimate of drug-likeness (QED) is 0.385. The SMILES string of the molecule is CCCCc1cc2ccccc2c(OCC[N+](C)(C)[C@H]2CCC(Cc3cnccn3)C[C@@]2(O)C(N)=O)n1. The van der Waals surface area contributed by atoms with Crippen LogP contribution >= 0.6 is 0 Å². The standard InChI is InChI=1S/C29H39N5O3/c1-4-5-9-23-18-22-8-6-7-10-25(22)27(33-23)37-16-15-34(2,3)26-12-11-21(19-29(26,36)28(30)35)17-24-20-31-13-14-32-24/h6-8,10,13-14,18,20-21,26,36H,4-5,9,11-12,15-17,19H2,1-3H3,(H-,30,35)/p+1/t21?,26-,29-/m0/s1. The lowest BCUT2D eigenvalue weighted by molar-refractivity contribution is -0.922. The largest absolute Gasteiger partial charge is 0.471 e. The molecule has 2 heterocycles. The van der Waals surface area contributed by atoms with Gasteiger partial charge in [0.15, 0.2) is 5.60 Å². The number of nitrogens with two attached hydrogens (primary N) is 1. The molecule has 1 fully saturated rings. The predicted octanol–water partition coefficient (Wildman–Crippen LogP) is 3.45. The Bertz CT molecular complexity index is 1200. The van der Waals surface area contributed by atoms with Crippen LogP contribution in [-0.2, 0) is 17.6 Å². The minimum Gasteiger partial charge on any atom is -0.471 e. The van der Waals surface area contributed by atoms with E-state index in [-0.39, 0.29) is 12.0 Å². The van der Waals surface area contributed by atoms with E-state index in [1.807, 2.05) is 32.3 Å². The molecule has 1 aliphatic rings. The normalized spacial score (nSPS) is 22.2. The molecule has 4 rings (SSSR count). The summed E-state index contributed by atoms with van der Waals surface area (Å²) >= 11 is 0. The number of carbonyl (C=O) groups is 1. The van der Waals surface area contributed by atoms with Gasteiger partial charge in [0.1, 0.15) is 19.2 Å². The fourth-order valence-electron chi connectivity index (χ4n) is 5.76. The number of fused-ring (bicyclic) bond motifs is 1. The smallest absolute Gasteiger partial charge is 0.255 e. The molecule has 37 heavy (non-hydrogen) atoms. The summed E-state index contributed by atoms with van der Waals surface area (Å²) in [7, 11) is 4.07. The van der Waals surface area contributed by atoms with Crippen LogP contribution in [0.25, 0.3) is 10.8 Å². The highest BCUT2D eigenvalue weighted by Crippen LogP contribution is 2.39. The van der Waals surface area contributed by atoms with Crippen molar-refractivity contribution in [1.29, 1.82) is 0 Å². The Labute approximate surface area is 219 Å². The second-order valence-corrected chi connectivity index (χ2v) is 10.9. The number of hydrogen-bond donors (Lipinski definition) is 2. The third-order valence-corrected chi connectivity index (χ3v) is 7.84. The van der Waals surface area contributed by atoms with Crippen molar-refractivity contribution in [2.24, 2.45) is 11.7 Å². The first-order valence-corrected chi connectivity index (χ1v) is 13.3. The lowest BCUT2D eigenvalue weighted by Crippen LogP contribution is -2.68. The van der Waals surface area contributed by atoms with Gasteiger partial charge in [-0.25, -0.2) is 4.98 Å². The predicted molar refractivity (Wildman–Crippen MR) is 144 cm³/mol. The molecule has 1 saturated carbocycles. The summed E-state index contributed by atoms with van der Waals surface area (Å²) < 4.78 is 6.68. The minimum absolute atomic E-state index is 0.114. The van der Waals surface area contributed by atoms with Gasteiger partial charge in [-0.3, -0.25) is 14.8 Å². The fraction of sp³-hybridized carbons (Fsp3) is 0.517. The van der Waals surface area contributed by atoms with Gasteiger partial charge in [-0.1, -0.05) is 31.5 Å². The van der Waals surface area contributed by atoms with Crippen LogP contribution in [-0.4, -0.2) is 69.3 Å². The third kappa shape index (κ3) is 6.25. The number of aliphatic hydroxyl groups is 1. The molecule has 1 amide bonds.